The maximum absolute atomic E-state index is 11.8. The second-order valence-corrected chi connectivity index (χ2v) is 6.46. The van der Waals surface area contributed by atoms with Gasteiger partial charge < -0.3 is 9.47 Å². The van der Waals surface area contributed by atoms with E-state index in [0.717, 1.165) is 10.5 Å². The van der Waals surface area contributed by atoms with Crippen molar-refractivity contribution in [2.45, 2.75) is 4.90 Å². The Hall–Kier alpha value is -2.51. The first-order valence-corrected chi connectivity index (χ1v) is 8.93. The van der Waals surface area contributed by atoms with E-state index in [1.54, 1.807) is 36.4 Å². The number of esters is 1. The highest BCUT2D eigenvalue weighted by Gasteiger charge is 2.03. The number of carbonyl (C=O) groups is 2. The Morgan fingerprint density at radius 3 is 2.73 bits per heavy atom. The molecule has 0 heterocycles. The molecule has 0 radical (unpaired) electrons. The fourth-order valence-electron chi connectivity index (χ4n) is 1.78. The van der Waals surface area contributed by atoms with E-state index in [1.165, 1.54) is 25.1 Å². The molecule has 0 atom stereocenters. The monoisotopic (exact) mass is 392 g/mol. The molecule has 1 amide bonds. The molecular weight excluding hydrogens is 376 g/mol. The summed E-state index contributed by atoms with van der Waals surface area (Å²) in [5, 5.41) is 4.57. The van der Waals surface area contributed by atoms with Gasteiger partial charge in [-0.1, -0.05) is 23.7 Å². The van der Waals surface area contributed by atoms with E-state index in [9.17, 15) is 9.59 Å². The number of halogens is 1. The lowest BCUT2D eigenvalue weighted by atomic mass is 10.2. The SMILES string of the molecule is COC(=O)COc1cccc(/C=N/NC(=O)CSc2ccc(Cl)cc2)c1. The van der Waals surface area contributed by atoms with Crippen LogP contribution in [0.3, 0.4) is 0 Å². The number of carbonyl (C=O) groups excluding carboxylic acids is 2. The number of nitrogens with one attached hydrogen (secondary N) is 1. The molecule has 0 aliphatic rings. The van der Waals surface area contributed by atoms with E-state index in [1.807, 2.05) is 12.1 Å². The van der Waals surface area contributed by atoms with E-state index in [0.29, 0.717) is 10.8 Å². The maximum Gasteiger partial charge on any atom is 0.343 e. The number of hydrogen-bond acceptors (Lipinski definition) is 6. The van der Waals surface area contributed by atoms with Gasteiger partial charge in [0.2, 0.25) is 5.91 Å². The summed E-state index contributed by atoms with van der Waals surface area (Å²) < 4.78 is 9.79. The molecule has 0 aliphatic carbocycles. The summed E-state index contributed by atoms with van der Waals surface area (Å²) in [7, 11) is 1.29. The van der Waals surface area contributed by atoms with E-state index >= 15 is 0 Å². The lowest BCUT2D eigenvalue weighted by Crippen LogP contribution is -2.19. The van der Waals surface area contributed by atoms with Gasteiger partial charge in [-0.2, -0.15) is 5.10 Å². The average molecular weight is 393 g/mol. The summed E-state index contributed by atoms with van der Waals surface area (Å²) in [6.07, 6.45) is 1.50. The number of methoxy groups -OCH3 is 1. The van der Waals surface area contributed by atoms with Crippen LogP contribution in [0.2, 0.25) is 5.02 Å². The van der Waals surface area contributed by atoms with Crippen LogP contribution in [0.1, 0.15) is 5.56 Å². The second kappa shape index (κ2) is 10.5. The summed E-state index contributed by atoms with van der Waals surface area (Å²) in [5.41, 5.74) is 3.18. The Kier molecular flexibility index (Phi) is 7.98. The number of rotatable bonds is 8. The molecule has 0 spiro atoms. The Balaban J connectivity index is 1.79. The molecular formula is C18H17ClN2O4S. The third kappa shape index (κ3) is 7.16. The highest BCUT2D eigenvalue weighted by Crippen LogP contribution is 2.19. The summed E-state index contributed by atoms with van der Waals surface area (Å²) in [6, 6.07) is 14.2. The predicted octanol–water partition coefficient (Wildman–Crippen LogP) is 3.13. The number of hydrogen-bond donors (Lipinski definition) is 1. The Morgan fingerprint density at radius 1 is 1.23 bits per heavy atom. The maximum atomic E-state index is 11.8. The zero-order chi connectivity index (χ0) is 18.8. The van der Waals surface area contributed by atoms with E-state index in [2.05, 4.69) is 15.3 Å². The first-order valence-electron chi connectivity index (χ1n) is 7.57. The van der Waals surface area contributed by atoms with Crippen LogP contribution in [-0.4, -0.2) is 37.6 Å². The minimum absolute atomic E-state index is 0.171. The van der Waals surface area contributed by atoms with Crippen LogP contribution in [0, 0.1) is 0 Å². The molecule has 2 aromatic carbocycles. The van der Waals surface area contributed by atoms with Crippen molar-refractivity contribution in [3.63, 3.8) is 0 Å². The van der Waals surface area contributed by atoms with Crippen molar-refractivity contribution in [2.24, 2.45) is 5.10 Å². The molecule has 26 heavy (non-hydrogen) atoms. The van der Waals surface area contributed by atoms with E-state index in [-0.39, 0.29) is 18.3 Å². The van der Waals surface area contributed by atoms with Gasteiger partial charge in [-0.25, -0.2) is 10.2 Å². The number of nitrogens with zero attached hydrogens (tertiary/aromatic N) is 1. The molecule has 6 nitrogen and oxygen atoms in total. The summed E-state index contributed by atoms with van der Waals surface area (Å²) in [6.45, 7) is -0.171. The van der Waals surface area contributed by atoms with Gasteiger partial charge in [0, 0.05) is 9.92 Å². The largest absolute Gasteiger partial charge is 0.482 e. The van der Waals surface area contributed by atoms with Crippen molar-refractivity contribution in [3.8, 4) is 5.75 Å². The molecule has 0 aliphatic heterocycles. The average Bonchev–Trinajstić information content (AvgIpc) is 2.66. The van der Waals surface area contributed by atoms with Gasteiger partial charge >= 0.3 is 5.97 Å². The molecule has 8 heteroatoms. The van der Waals surface area contributed by atoms with Gasteiger partial charge in [-0.15, -0.1) is 11.8 Å². The van der Waals surface area contributed by atoms with Crippen molar-refractivity contribution in [1.82, 2.24) is 5.43 Å². The molecule has 1 N–H and O–H groups in total. The first-order chi connectivity index (χ1) is 12.6. The molecule has 2 rings (SSSR count). The highest BCUT2D eigenvalue weighted by molar-refractivity contribution is 8.00. The normalized spacial score (nSPS) is 10.5. The fourth-order valence-corrected chi connectivity index (χ4v) is 2.59. The minimum atomic E-state index is -0.463. The fraction of sp³-hybridized carbons (Fsp3) is 0.167. The number of thioether (sulfide) groups is 1. The number of benzene rings is 2. The first kappa shape index (κ1) is 19.8. The minimum Gasteiger partial charge on any atom is -0.482 e. The number of amides is 1. The quantitative estimate of drug-likeness (QED) is 0.323. The lowest BCUT2D eigenvalue weighted by Gasteiger charge is -2.05. The van der Waals surface area contributed by atoms with Crippen LogP contribution in [0.5, 0.6) is 5.75 Å². The Morgan fingerprint density at radius 2 is 2.00 bits per heavy atom. The number of ether oxygens (including phenoxy) is 2. The van der Waals surface area contributed by atoms with Gasteiger partial charge in [0.15, 0.2) is 6.61 Å². The second-order valence-electron chi connectivity index (χ2n) is 4.97. The van der Waals surface area contributed by atoms with Crippen LogP contribution in [-0.2, 0) is 14.3 Å². The summed E-state index contributed by atoms with van der Waals surface area (Å²) in [5.74, 6) is 0.0547. The van der Waals surface area contributed by atoms with Crippen molar-refractivity contribution in [2.75, 3.05) is 19.5 Å². The molecule has 0 unspecified atom stereocenters. The smallest absolute Gasteiger partial charge is 0.343 e. The van der Waals surface area contributed by atoms with Gasteiger partial charge in [0.05, 0.1) is 19.1 Å². The zero-order valence-electron chi connectivity index (χ0n) is 14.0. The van der Waals surface area contributed by atoms with Crippen LogP contribution in [0.4, 0.5) is 0 Å². The highest BCUT2D eigenvalue weighted by atomic mass is 35.5. The Labute approximate surface area is 160 Å². The Bertz CT molecular complexity index is 781. The molecule has 136 valence electrons. The standard InChI is InChI=1S/C18H17ClN2O4S/c1-24-18(23)11-25-15-4-2-3-13(9-15)10-20-21-17(22)12-26-16-7-5-14(19)6-8-16/h2-10H,11-12H2,1H3,(H,21,22)/b20-10+. The topological polar surface area (TPSA) is 77.0 Å². The molecule has 2 aromatic rings. The molecule has 0 aromatic heterocycles. The summed E-state index contributed by atoms with van der Waals surface area (Å²) in [4.78, 5) is 23.8. The van der Waals surface area contributed by atoms with Gasteiger partial charge in [0.25, 0.3) is 0 Å². The van der Waals surface area contributed by atoms with Crippen LogP contribution < -0.4 is 10.2 Å². The molecule has 0 bridgehead atoms. The molecule has 0 saturated heterocycles. The molecule has 0 saturated carbocycles. The van der Waals surface area contributed by atoms with Crippen LogP contribution in [0.25, 0.3) is 0 Å². The van der Waals surface area contributed by atoms with Crippen molar-refractivity contribution < 1.29 is 19.1 Å². The molecule has 0 fully saturated rings. The van der Waals surface area contributed by atoms with E-state index < -0.39 is 5.97 Å². The van der Waals surface area contributed by atoms with Crippen molar-refractivity contribution >= 4 is 41.5 Å². The van der Waals surface area contributed by atoms with Gasteiger partial charge in [-0.3, -0.25) is 4.79 Å². The van der Waals surface area contributed by atoms with Crippen LogP contribution >= 0.6 is 23.4 Å². The predicted molar refractivity (Wildman–Crippen MR) is 102 cm³/mol. The van der Waals surface area contributed by atoms with Crippen molar-refractivity contribution in [3.05, 3.63) is 59.1 Å². The van der Waals surface area contributed by atoms with Crippen LogP contribution in [0.15, 0.2) is 58.5 Å². The van der Waals surface area contributed by atoms with E-state index in [4.69, 9.17) is 16.3 Å². The zero-order valence-corrected chi connectivity index (χ0v) is 15.5. The third-order valence-corrected chi connectivity index (χ3v) is 4.29. The lowest BCUT2D eigenvalue weighted by molar-refractivity contribution is -0.142. The van der Waals surface area contributed by atoms with Gasteiger partial charge in [-0.05, 0) is 42.0 Å². The van der Waals surface area contributed by atoms with Crippen molar-refractivity contribution in [1.29, 1.82) is 0 Å². The third-order valence-electron chi connectivity index (χ3n) is 3.03. The number of hydrazone groups is 1. The summed E-state index contributed by atoms with van der Waals surface area (Å²) >= 11 is 7.20. The van der Waals surface area contributed by atoms with Gasteiger partial charge in [0.1, 0.15) is 5.75 Å².